The Morgan fingerprint density at radius 3 is 2.46 bits per heavy atom. The molecule has 1 rings (SSSR count). The fourth-order valence-electron chi connectivity index (χ4n) is 0.758. The molecule has 0 aliphatic carbocycles. The van der Waals surface area contributed by atoms with E-state index in [0.717, 1.165) is 0 Å². The second-order valence-corrected chi connectivity index (χ2v) is 7.33. The smallest absolute Gasteiger partial charge is 0.339 e. The molecule has 3 nitrogen and oxygen atoms in total. The third-order valence-corrected chi connectivity index (χ3v) is 5.55. The Morgan fingerprint density at radius 2 is 2.00 bits per heavy atom. The summed E-state index contributed by atoms with van der Waals surface area (Å²) in [6.07, 6.45) is 0. The molecule has 1 aromatic carbocycles. The predicted molar refractivity (Wildman–Crippen MR) is 60.3 cm³/mol. The van der Waals surface area contributed by atoms with E-state index in [9.17, 15) is 9.46 Å². The van der Waals surface area contributed by atoms with Crippen LogP contribution in [0.5, 0.6) is 0 Å². The molecular weight excluding hydrogens is 246 g/mol. The zero-order valence-electron chi connectivity index (χ0n) is 6.40. The summed E-state index contributed by atoms with van der Waals surface area (Å²) >= 11 is 8.33. The minimum absolute atomic E-state index is 0.474. The van der Waals surface area contributed by atoms with E-state index in [4.69, 9.17) is 11.8 Å². The van der Waals surface area contributed by atoms with Crippen LogP contribution in [0.15, 0.2) is 30.3 Å². The molecule has 2 unspecified atom stereocenters. The van der Waals surface area contributed by atoms with Crippen LogP contribution in [0.25, 0.3) is 0 Å². The highest BCUT2D eigenvalue weighted by Gasteiger charge is 2.28. The first kappa shape index (κ1) is 11.3. The van der Waals surface area contributed by atoms with Gasteiger partial charge in [-0.25, -0.2) is 0 Å². The lowest BCUT2D eigenvalue weighted by molar-refractivity contribution is 0.491. The van der Waals surface area contributed by atoms with E-state index in [1.807, 2.05) is 0 Å². The minimum Gasteiger partial charge on any atom is -0.339 e. The Kier molecular flexibility index (Phi) is 4.05. The van der Waals surface area contributed by atoms with Gasteiger partial charge in [0.1, 0.15) is 12.2 Å². The van der Waals surface area contributed by atoms with Crippen molar-refractivity contribution in [2.24, 2.45) is 0 Å². The third-order valence-electron chi connectivity index (χ3n) is 1.26. The van der Waals surface area contributed by atoms with Crippen LogP contribution in [-0.4, -0.2) is 4.89 Å². The van der Waals surface area contributed by atoms with Gasteiger partial charge in [0.05, 0.1) is 0 Å². The number of benzene rings is 1. The number of rotatable bonds is 3. The maximum Gasteiger partial charge on any atom is 0.588 e. The second kappa shape index (κ2) is 4.65. The summed E-state index contributed by atoms with van der Waals surface area (Å²) in [6, 6.07) is 8.50. The van der Waals surface area contributed by atoms with Crippen LogP contribution in [0.1, 0.15) is 0 Å². The van der Waals surface area contributed by atoms with Gasteiger partial charge in [-0.3, -0.25) is 0 Å². The number of hydrogen-bond donors (Lipinski definition) is 2. The fraction of sp³-hybridized carbons (Fsp3) is 0. The molecule has 0 heterocycles. The minimum atomic E-state index is -3.13. The van der Waals surface area contributed by atoms with Crippen molar-refractivity contribution in [3.05, 3.63) is 30.3 Å². The molecule has 70 valence electrons. The normalized spacial score (nSPS) is 16.3. The van der Waals surface area contributed by atoms with Gasteiger partial charge >= 0.3 is 7.23 Å². The summed E-state index contributed by atoms with van der Waals surface area (Å²) in [7, 11) is -2.17. The Balaban J connectivity index is 2.95. The topological polar surface area (TPSA) is 46.5 Å². The van der Waals surface area contributed by atoms with Gasteiger partial charge in [0.15, 0.2) is 0 Å². The second-order valence-electron chi connectivity index (χ2n) is 2.18. The van der Waals surface area contributed by atoms with Crippen molar-refractivity contribution < 1.29 is 13.8 Å². The van der Waals surface area contributed by atoms with E-state index in [0.29, 0.717) is 5.30 Å². The van der Waals surface area contributed by atoms with Crippen LogP contribution in [-0.2, 0) is 20.7 Å². The SMILES string of the molecule is O=[P+](S)OP(O)(=S)c1ccccc1. The highest BCUT2D eigenvalue weighted by molar-refractivity contribution is 8.40. The van der Waals surface area contributed by atoms with Crippen molar-refractivity contribution >= 4 is 43.1 Å². The van der Waals surface area contributed by atoms with Crippen LogP contribution in [0, 0.1) is 0 Å². The maximum absolute atomic E-state index is 10.6. The van der Waals surface area contributed by atoms with E-state index in [1.54, 1.807) is 30.3 Å². The van der Waals surface area contributed by atoms with Crippen molar-refractivity contribution in [2.45, 2.75) is 0 Å². The number of thiol groups is 1. The molecule has 1 aromatic rings. The molecule has 0 aliphatic rings. The van der Waals surface area contributed by atoms with Gasteiger partial charge in [-0.2, -0.15) is 0 Å². The van der Waals surface area contributed by atoms with Gasteiger partial charge in [-0.05, 0) is 28.5 Å². The Labute approximate surface area is 87.3 Å². The summed E-state index contributed by atoms with van der Waals surface area (Å²) in [5.74, 6) is 0. The van der Waals surface area contributed by atoms with Crippen molar-refractivity contribution in [1.29, 1.82) is 0 Å². The third kappa shape index (κ3) is 3.47. The molecular formula is C6H7O3P2S2+. The lowest BCUT2D eigenvalue weighted by Crippen LogP contribution is -2.02. The van der Waals surface area contributed by atoms with E-state index < -0.39 is 13.7 Å². The zero-order valence-corrected chi connectivity index (χ0v) is 9.90. The van der Waals surface area contributed by atoms with Crippen molar-refractivity contribution in [1.82, 2.24) is 0 Å². The molecule has 1 N–H and O–H groups in total. The van der Waals surface area contributed by atoms with Gasteiger partial charge in [-0.1, -0.05) is 22.5 Å². The molecule has 0 saturated heterocycles. The average molecular weight is 253 g/mol. The summed E-state index contributed by atoms with van der Waals surface area (Å²) in [4.78, 5) is 9.63. The summed E-state index contributed by atoms with van der Waals surface area (Å²) in [6.45, 7) is -3.13. The van der Waals surface area contributed by atoms with Gasteiger partial charge in [0, 0.05) is 5.30 Å². The highest BCUT2D eigenvalue weighted by Crippen LogP contribution is 2.51. The first-order valence-corrected chi connectivity index (χ1v) is 8.27. The van der Waals surface area contributed by atoms with Gasteiger partial charge < -0.3 is 4.89 Å². The van der Waals surface area contributed by atoms with Crippen LogP contribution in [0.3, 0.4) is 0 Å². The fourth-order valence-corrected chi connectivity index (χ4v) is 4.75. The van der Waals surface area contributed by atoms with Crippen LogP contribution >= 0.6 is 26.0 Å². The Hall–Kier alpha value is 0.240. The average Bonchev–Trinajstić information content (AvgIpc) is 2.04. The molecule has 2 atom stereocenters. The zero-order chi connectivity index (χ0) is 9.90. The number of hydrogen-bond acceptors (Lipinski definition) is 3. The van der Waals surface area contributed by atoms with E-state index in [1.165, 1.54) is 0 Å². The lowest BCUT2D eigenvalue weighted by Gasteiger charge is -2.06. The molecule has 0 saturated carbocycles. The summed E-state index contributed by atoms with van der Waals surface area (Å²) < 4.78 is 15.3. The highest BCUT2D eigenvalue weighted by atomic mass is 32.7. The first-order chi connectivity index (χ1) is 6.02. The van der Waals surface area contributed by atoms with E-state index >= 15 is 0 Å². The van der Waals surface area contributed by atoms with Gasteiger partial charge in [0.2, 0.25) is 0 Å². The monoisotopic (exact) mass is 253 g/mol. The van der Waals surface area contributed by atoms with Crippen LogP contribution in [0.2, 0.25) is 0 Å². The van der Waals surface area contributed by atoms with Crippen molar-refractivity contribution in [3.63, 3.8) is 0 Å². The molecule has 0 radical (unpaired) electrons. The Bertz CT molecular complexity index is 354. The quantitative estimate of drug-likeness (QED) is 0.640. The van der Waals surface area contributed by atoms with Crippen LogP contribution in [0.4, 0.5) is 0 Å². The summed E-state index contributed by atoms with van der Waals surface area (Å²) in [5, 5.41) is 0.474. The van der Waals surface area contributed by atoms with Gasteiger partial charge in [-0.15, -0.1) is 0 Å². The van der Waals surface area contributed by atoms with Gasteiger partial charge in [0.25, 0.3) is 6.49 Å². The largest absolute Gasteiger partial charge is 0.588 e. The van der Waals surface area contributed by atoms with E-state index in [-0.39, 0.29) is 0 Å². The molecule has 0 aromatic heterocycles. The Morgan fingerprint density at radius 1 is 1.46 bits per heavy atom. The maximum atomic E-state index is 10.6. The standard InChI is InChI=1S/C6H6O3P2S2/c7-10(12)9-11(8,13)6-4-2-1-3-5-6/h1-5H,(H-,7,8,12,13)/p+1. The molecule has 7 heteroatoms. The summed E-state index contributed by atoms with van der Waals surface area (Å²) in [5.41, 5.74) is 0. The molecule has 0 spiro atoms. The van der Waals surface area contributed by atoms with Crippen molar-refractivity contribution in [2.75, 3.05) is 0 Å². The lowest BCUT2D eigenvalue weighted by atomic mass is 10.4. The molecule has 0 bridgehead atoms. The molecule has 0 fully saturated rings. The molecule has 0 aliphatic heterocycles. The van der Waals surface area contributed by atoms with Crippen LogP contribution < -0.4 is 5.30 Å². The molecule has 0 amide bonds. The predicted octanol–water partition coefficient (Wildman–Crippen LogP) is 2.22. The van der Waals surface area contributed by atoms with E-state index in [2.05, 4.69) is 16.6 Å². The molecule has 13 heavy (non-hydrogen) atoms. The van der Waals surface area contributed by atoms with Crippen molar-refractivity contribution in [3.8, 4) is 0 Å². The first-order valence-electron chi connectivity index (χ1n) is 3.26.